The van der Waals surface area contributed by atoms with Crippen LogP contribution in [0.2, 0.25) is 0 Å². The van der Waals surface area contributed by atoms with Gasteiger partial charge in [0.05, 0.1) is 24.2 Å². The van der Waals surface area contributed by atoms with Gasteiger partial charge in [-0.3, -0.25) is 9.59 Å². The predicted molar refractivity (Wildman–Crippen MR) is 125 cm³/mol. The summed E-state index contributed by atoms with van der Waals surface area (Å²) in [6.07, 6.45) is 0. The zero-order chi connectivity index (χ0) is 21.6. The van der Waals surface area contributed by atoms with Crippen molar-refractivity contribution in [1.29, 1.82) is 0 Å². The lowest BCUT2D eigenvalue weighted by Crippen LogP contribution is -2.50. The third kappa shape index (κ3) is 3.15. The number of ether oxygens (including phenoxy) is 1. The molecule has 3 aromatic rings. The van der Waals surface area contributed by atoms with Crippen LogP contribution in [0.5, 0.6) is 5.75 Å². The monoisotopic (exact) mass is 450 g/mol. The molecule has 7 heteroatoms. The number of thioether (sulfide) groups is 1. The quantitative estimate of drug-likeness (QED) is 0.580. The highest BCUT2D eigenvalue weighted by molar-refractivity contribution is 8.01. The van der Waals surface area contributed by atoms with Crippen LogP contribution in [0.3, 0.4) is 0 Å². The SMILES string of the molecule is COc1cccc(CN2C(=O)[C@@]3(SCCN3C(=O)c3cccs3)c3cc(C)ccc32)c1. The number of anilines is 1. The molecule has 5 nitrogen and oxygen atoms in total. The highest BCUT2D eigenvalue weighted by Crippen LogP contribution is 2.55. The summed E-state index contributed by atoms with van der Waals surface area (Å²) in [5.74, 6) is 1.35. The summed E-state index contributed by atoms with van der Waals surface area (Å²) < 4.78 is 5.36. The fourth-order valence-corrected chi connectivity index (χ4v) is 6.50. The molecule has 0 bridgehead atoms. The van der Waals surface area contributed by atoms with Gasteiger partial charge in [0, 0.05) is 17.9 Å². The van der Waals surface area contributed by atoms with Crippen LogP contribution in [-0.2, 0) is 16.2 Å². The summed E-state index contributed by atoms with van der Waals surface area (Å²) in [5, 5.41) is 1.90. The first kappa shape index (κ1) is 20.2. The smallest absolute Gasteiger partial charge is 0.268 e. The summed E-state index contributed by atoms with van der Waals surface area (Å²) in [4.78, 5) is 30.7. The van der Waals surface area contributed by atoms with E-state index in [1.807, 2.05) is 65.7 Å². The first-order valence-electron chi connectivity index (χ1n) is 10.1. The minimum Gasteiger partial charge on any atom is -0.497 e. The van der Waals surface area contributed by atoms with Crippen LogP contribution in [0, 0.1) is 6.92 Å². The first-order chi connectivity index (χ1) is 15.0. The van der Waals surface area contributed by atoms with Gasteiger partial charge in [-0.05, 0) is 42.1 Å². The number of fused-ring (bicyclic) bond motifs is 2. The molecule has 0 saturated carbocycles. The van der Waals surface area contributed by atoms with Gasteiger partial charge in [0.1, 0.15) is 5.75 Å². The van der Waals surface area contributed by atoms with Gasteiger partial charge in [0.15, 0.2) is 4.87 Å². The molecule has 3 heterocycles. The van der Waals surface area contributed by atoms with Gasteiger partial charge in [-0.1, -0.05) is 35.9 Å². The Hall–Kier alpha value is -2.77. The average molecular weight is 451 g/mol. The van der Waals surface area contributed by atoms with Crippen molar-refractivity contribution in [2.24, 2.45) is 0 Å². The molecule has 31 heavy (non-hydrogen) atoms. The van der Waals surface area contributed by atoms with Gasteiger partial charge < -0.3 is 14.5 Å². The third-order valence-corrected chi connectivity index (χ3v) is 8.08. The number of rotatable bonds is 4. The Morgan fingerprint density at radius 2 is 2.03 bits per heavy atom. The van der Waals surface area contributed by atoms with Crippen molar-refractivity contribution in [1.82, 2.24) is 4.90 Å². The number of benzene rings is 2. The van der Waals surface area contributed by atoms with Crippen LogP contribution >= 0.6 is 23.1 Å². The minimum absolute atomic E-state index is 0.0525. The van der Waals surface area contributed by atoms with E-state index in [0.717, 1.165) is 33.9 Å². The summed E-state index contributed by atoms with van der Waals surface area (Å²) in [7, 11) is 1.64. The topological polar surface area (TPSA) is 49.9 Å². The number of carbonyl (C=O) groups is 2. The van der Waals surface area contributed by atoms with E-state index < -0.39 is 4.87 Å². The Balaban J connectivity index is 1.59. The fourth-order valence-electron chi connectivity index (χ4n) is 4.37. The van der Waals surface area contributed by atoms with Gasteiger partial charge >= 0.3 is 0 Å². The summed E-state index contributed by atoms with van der Waals surface area (Å²) >= 11 is 2.98. The maximum Gasteiger partial charge on any atom is 0.268 e. The van der Waals surface area contributed by atoms with Crippen molar-refractivity contribution < 1.29 is 14.3 Å². The van der Waals surface area contributed by atoms with Crippen LogP contribution in [0.25, 0.3) is 0 Å². The third-order valence-electron chi connectivity index (χ3n) is 5.80. The summed E-state index contributed by atoms with van der Waals surface area (Å²) in [6.45, 7) is 3.00. The highest BCUT2D eigenvalue weighted by atomic mass is 32.2. The lowest BCUT2D eigenvalue weighted by Gasteiger charge is -2.33. The maximum absolute atomic E-state index is 14.0. The second-order valence-electron chi connectivity index (χ2n) is 7.69. The second-order valence-corrected chi connectivity index (χ2v) is 9.93. The zero-order valence-corrected chi connectivity index (χ0v) is 19.0. The van der Waals surface area contributed by atoms with Gasteiger partial charge in [0.2, 0.25) is 0 Å². The highest BCUT2D eigenvalue weighted by Gasteiger charge is 2.59. The molecule has 1 spiro atoms. The van der Waals surface area contributed by atoms with Crippen molar-refractivity contribution in [2.75, 3.05) is 24.3 Å². The normalized spacial score (nSPS) is 19.9. The molecular weight excluding hydrogens is 428 g/mol. The number of amides is 2. The summed E-state index contributed by atoms with van der Waals surface area (Å²) in [6, 6.07) is 17.5. The van der Waals surface area contributed by atoms with E-state index in [9.17, 15) is 9.59 Å². The average Bonchev–Trinajstić information content (AvgIpc) is 3.51. The zero-order valence-electron chi connectivity index (χ0n) is 17.3. The van der Waals surface area contributed by atoms with Gasteiger partial charge in [-0.25, -0.2) is 0 Å². The van der Waals surface area contributed by atoms with Gasteiger partial charge in [0.25, 0.3) is 11.8 Å². The van der Waals surface area contributed by atoms with E-state index in [4.69, 9.17) is 4.74 Å². The number of hydrogen-bond acceptors (Lipinski definition) is 5. The molecule has 0 unspecified atom stereocenters. The molecule has 2 amide bonds. The van der Waals surface area contributed by atoms with E-state index in [-0.39, 0.29) is 11.8 Å². The lowest BCUT2D eigenvalue weighted by atomic mass is 10.0. The van der Waals surface area contributed by atoms with E-state index in [1.54, 1.807) is 23.8 Å². The lowest BCUT2D eigenvalue weighted by molar-refractivity contribution is -0.123. The van der Waals surface area contributed by atoms with Crippen molar-refractivity contribution in [3.63, 3.8) is 0 Å². The first-order valence-corrected chi connectivity index (χ1v) is 12.0. The molecule has 158 valence electrons. The molecule has 0 aliphatic carbocycles. The van der Waals surface area contributed by atoms with E-state index >= 15 is 0 Å². The van der Waals surface area contributed by atoms with E-state index in [1.165, 1.54) is 11.3 Å². The van der Waals surface area contributed by atoms with Crippen molar-refractivity contribution in [3.05, 3.63) is 81.5 Å². The van der Waals surface area contributed by atoms with Crippen LogP contribution < -0.4 is 9.64 Å². The summed E-state index contributed by atoms with van der Waals surface area (Å²) in [5.41, 5.74) is 3.84. The maximum atomic E-state index is 14.0. The Labute approximate surface area is 189 Å². The fraction of sp³-hybridized carbons (Fsp3) is 0.250. The molecular formula is C24H22N2O3S2. The Bertz CT molecular complexity index is 1160. The Morgan fingerprint density at radius 1 is 1.16 bits per heavy atom. The van der Waals surface area contributed by atoms with Gasteiger partial charge in [-0.15, -0.1) is 23.1 Å². The molecule has 5 rings (SSSR count). The van der Waals surface area contributed by atoms with Crippen molar-refractivity contribution in [3.8, 4) is 5.75 Å². The molecule has 1 saturated heterocycles. The Kier molecular flexibility index (Phi) is 5.02. The second kappa shape index (κ2) is 7.73. The van der Waals surface area contributed by atoms with Crippen LogP contribution in [0.4, 0.5) is 5.69 Å². The minimum atomic E-state index is -1.01. The molecule has 1 aromatic heterocycles. The molecule has 1 atom stereocenters. The number of carbonyl (C=O) groups excluding carboxylic acids is 2. The number of thiophene rings is 1. The largest absolute Gasteiger partial charge is 0.497 e. The molecule has 0 N–H and O–H groups in total. The predicted octanol–water partition coefficient (Wildman–Crippen LogP) is 4.65. The van der Waals surface area contributed by atoms with Crippen molar-refractivity contribution >= 4 is 40.6 Å². The number of nitrogens with zero attached hydrogens (tertiary/aromatic N) is 2. The van der Waals surface area contributed by atoms with Gasteiger partial charge in [-0.2, -0.15) is 0 Å². The molecule has 2 aliphatic heterocycles. The number of aryl methyl sites for hydroxylation is 1. The molecule has 1 fully saturated rings. The van der Waals surface area contributed by atoms with E-state index in [2.05, 4.69) is 6.07 Å². The molecule has 2 aromatic carbocycles. The van der Waals surface area contributed by atoms with Crippen LogP contribution in [0.1, 0.15) is 26.4 Å². The molecule has 2 aliphatic rings. The van der Waals surface area contributed by atoms with E-state index in [0.29, 0.717) is 18.0 Å². The molecule has 0 radical (unpaired) electrons. The van der Waals surface area contributed by atoms with Crippen LogP contribution in [0.15, 0.2) is 60.0 Å². The van der Waals surface area contributed by atoms with Crippen molar-refractivity contribution in [2.45, 2.75) is 18.3 Å². The number of methoxy groups -OCH3 is 1. The standard InChI is InChI=1S/C24H22N2O3S2/c1-16-8-9-20-19(13-16)24(26(10-12-31-24)22(27)21-7-4-11-30-21)23(28)25(20)15-17-5-3-6-18(14-17)29-2/h3-9,11,13-14H,10,12,15H2,1-2H3/t24-/m0/s1. The Morgan fingerprint density at radius 3 is 2.81 bits per heavy atom. The number of hydrogen-bond donors (Lipinski definition) is 0. The van der Waals surface area contributed by atoms with Crippen LogP contribution in [-0.4, -0.2) is 36.1 Å².